The van der Waals surface area contributed by atoms with Crippen LogP contribution in [0.5, 0.6) is 0 Å². The van der Waals surface area contributed by atoms with Gasteiger partial charge in [-0.25, -0.2) is 4.98 Å². The zero-order valence-electron chi connectivity index (χ0n) is 13.7. The van der Waals surface area contributed by atoms with E-state index >= 15 is 0 Å². The molecule has 23 heavy (non-hydrogen) atoms. The van der Waals surface area contributed by atoms with Crippen molar-refractivity contribution in [2.45, 2.75) is 31.8 Å². The lowest BCUT2D eigenvalue weighted by Gasteiger charge is -2.37. The zero-order chi connectivity index (χ0) is 16.6. The number of benzene rings is 1. The van der Waals surface area contributed by atoms with Gasteiger partial charge in [-0.3, -0.25) is 4.31 Å². The Morgan fingerprint density at radius 2 is 1.87 bits per heavy atom. The fourth-order valence-electron chi connectivity index (χ4n) is 2.82. The van der Waals surface area contributed by atoms with E-state index in [2.05, 4.69) is 16.8 Å². The van der Waals surface area contributed by atoms with E-state index in [4.69, 9.17) is 0 Å². The second-order valence-electron chi connectivity index (χ2n) is 5.90. The van der Waals surface area contributed by atoms with E-state index in [0.29, 0.717) is 13.1 Å². The van der Waals surface area contributed by atoms with Crippen molar-refractivity contribution in [3.63, 3.8) is 0 Å². The van der Waals surface area contributed by atoms with E-state index in [1.165, 1.54) is 4.31 Å². The van der Waals surface area contributed by atoms with Crippen LogP contribution in [0.15, 0.2) is 41.8 Å². The number of hydrogen-bond donors (Lipinski definition) is 0. The summed E-state index contributed by atoms with van der Waals surface area (Å²) in [5.74, 6) is 0. The van der Waals surface area contributed by atoms with Crippen LogP contribution in [0, 0.1) is 0 Å². The summed E-state index contributed by atoms with van der Waals surface area (Å²) >= 11 is 0. The Kier molecular flexibility index (Phi) is 4.06. The maximum atomic E-state index is 13.0. The average molecular weight is 334 g/mol. The minimum Gasteiger partial charge on any atom is -0.368 e. The molecule has 7 heteroatoms. The molecule has 1 aromatic carbocycles. The van der Waals surface area contributed by atoms with Gasteiger partial charge < -0.3 is 9.47 Å². The quantitative estimate of drug-likeness (QED) is 0.862. The van der Waals surface area contributed by atoms with Crippen molar-refractivity contribution in [3.8, 4) is 0 Å². The summed E-state index contributed by atoms with van der Waals surface area (Å²) < 4.78 is 29.3. The third-order valence-electron chi connectivity index (χ3n) is 4.17. The van der Waals surface area contributed by atoms with Crippen LogP contribution in [-0.2, 0) is 10.0 Å². The number of para-hydroxylation sites is 2. The summed E-state index contributed by atoms with van der Waals surface area (Å²) in [6.45, 7) is 8.03. The fraction of sp³-hybridized carbons (Fsp3) is 0.438. The summed E-state index contributed by atoms with van der Waals surface area (Å²) in [5.41, 5.74) is 1.67. The fourth-order valence-corrected chi connectivity index (χ4v) is 4.22. The molecular weight excluding hydrogens is 312 g/mol. The Morgan fingerprint density at radius 3 is 2.48 bits per heavy atom. The van der Waals surface area contributed by atoms with Crippen LogP contribution < -0.4 is 9.21 Å². The van der Waals surface area contributed by atoms with Gasteiger partial charge in [0.15, 0.2) is 5.03 Å². The molecule has 124 valence electrons. The van der Waals surface area contributed by atoms with Gasteiger partial charge in [-0.05, 0) is 32.9 Å². The van der Waals surface area contributed by atoms with Gasteiger partial charge >= 0.3 is 0 Å². The summed E-state index contributed by atoms with van der Waals surface area (Å²) in [6.07, 6.45) is 3.18. The van der Waals surface area contributed by atoms with Crippen molar-refractivity contribution in [3.05, 3.63) is 36.8 Å². The van der Waals surface area contributed by atoms with Gasteiger partial charge in [0.25, 0.3) is 10.0 Å². The van der Waals surface area contributed by atoms with Crippen molar-refractivity contribution in [2.75, 3.05) is 28.8 Å². The Bertz CT molecular complexity index is 798. The highest BCUT2D eigenvalue weighted by atomic mass is 32.2. The predicted molar refractivity (Wildman–Crippen MR) is 91.5 cm³/mol. The smallest absolute Gasteiger partial charge is 0.283 e. The van der Waals surface area contributed by atoms with Gasteiger partial charge in [0.2, 0.25) is 0 Å². The molecule has 0 fully saturated rings. The van der Waals surface area contributed by atoms with Crippen LogP contribution in [0.25, 0.3) is 0 Å². The molecule has 0 bridgehead atoms. The van der Waals surface area contributed by atoms with Gasteiger partial charge in [0, 0.05) is 25.3 Å². The number of nitrogens with zero attached hydrogens (tertiary/aromatic N) is 4. The number of imidazole rings is 1. The molecule has 0 saturated heterocycles. The molecule has 0 N–H and O–H groups in total. The highest BCUT2D eigenvalue weighted by Gasteiger charge is 2.32. The average Bonchev–Trinajstić information content (AvgIpc) is 3.04. The van der Waals surface area contributed by atoms with E-state index in [9.17, 15) is 8.42 Å². The Hall–Kier alpha value is -2.02. The molecule has 2 aromatic rings. The van der Waals surface area contributed by atoms with Gasteiger partial charge in [-0.1, -0.05) is 12.1 Å². The first-order chi connectivity index (χ1) is 10.9. The molecule has 0 spiro atoms. The van der Waals surface area contributed by atoms with Crippen molar-refractivity contribution in [1.29, 1.82) is 0 Å². The number of rotatable bonds is 4. The lowest BCUT2D eigenvalue weighted by molar-refractivity contribution is 0.582. The molecule has 0 unspecified atom stereocenters. The second kappa shape index (κ2) is 5.88. The molecular formula is C16H22N4O2S. The van der Waals surface area contributed by atoms with E-state index in [0.717, 1.165) is 17.9 Å². The van der Waals surface area contributed by atoms with Gasteiger partial charge in [-0.2, -0.15) is 8.42 Å². The standard InChI is InChI=1S/C16H22N4O2S/c1-4-18-9-10-20(15-8-6-5-7-14(15)18)23(21,22)16-11-19(12-17-16)13(2)3/h5-8,11-13H,4,9-10H2,1-3H3. The first-order valence-corrected chi connectivity index (χ1v) is 9.29. The van der Waals surface area contributed by atoms with E-state index in [-0.39, 0.29) is 11.1 Å². The van der Waals surface area contributed by atoms with Crippen LogP contribution in [0.3, 0.4) is 0 Å². The van der Waals surface area contributed by atoms with Gasteiger partial charge in [-0.15, -0.1) is 0 Å². The number of fused-ring (bicyclic) bond motifs is 1. The van der Waals surface area contributed by atoms with Crippen molar-refractivity contribution in [2.24, 2.45) is 0 Å². The Balaban J connectivity index is 2.03. The van der Waals surface area contributed by atoms with Crippen molar-refractivity contribution in [1.82, 2.24) is 9.55 Å². The number of sulfonamides is 1. The van der Waals surface area contributed by atoms with E-state index in [1.54, 1.807) is 17.1 Å². The first-order valence-electron chi connectivity index (χ1n) is 7.85. The normalized spacial score (nSPS) is 15.1. The molecule has 0 amide bonds. The SMILES string of the molecule is CCN1CCN(S(=O)(=O)c2cn(C(C)C)cn2)c2ccccc21. The number of aromatic nitrogens is 2. The van der Waals surface area contributed by atoms with Crippen LogP contribution >= 0.6 is 0 Å². The second-order valence-corrected chi connectivity index (χ2v) is 7.71. The Morgan fingerprint density at radius 1 is 1.17 bits per heavy atom. The summed E-state index contributed by atoms with van der Waals surface area (Å²) in [7, 11) is -3.65. The number of anilines is 2. The first kappa shape index (κ1) is 15.9. The lowest BCUT2D eigenvalue weighted by Crippen LogP contribution is -2.44. The van der Waals surface area contributed by atoms with Gasteiger partial charge in [0.05, 0.1) is 24.2 Å². The predicted octanol–water partition coefficient (Wildman–Crippen LogP) is 2.50. The Labute approximate surface area is 137 Å². The van der Waals surface area contributed by atoms with Crippen molar-refractivity contribution >= 4 is 21.4 Å². The monoisotopic (exact) mass is 334 g/mol. The zero-order valence-corrected chi connectivity index (χ0v) is 14.5. The molecule has 0 saturated carbocycles. The third kappa shape index (κ3) is 2.69. The van der Waals surface area contributed by atoms with Gasteiger partial charge in [0.1, 0.15) is 0 Å². The summed E-state index contributed by atoms with van der Waals surface area (Å²) in [4.78, 5) is 6.30. The lowest BCUT2D eigenvalue weighted by atomic mass is 10.2. The molecule has 3 rings (SSSR count). The molecule has 2 heterocycles. The molecule has 1 aromatic heterocycles. The van der Waals surface area contributed by atoms with E-state index in [1.807, 2.05) is 38.1 Å². The highest BCUT2D eigenvalue weighted by molar-refractivity contribution is 7.92. The van der Waals surface area contributed by atoms with Crippen LogP contribution in [0.4, 0.5) is 11.4 Å². The summed E-state index contributed by atoms with van der Waals surface area (Å²) in [5, 5.41) is 0.103. The number of hydrogen-bond acceptors (Lipinski definition) is 4. The van der Waals surface area contributed by atoms with Crippen molar-refractivity contribution < 1.29 is 8.42 Å². The molecule has 0 atom stereocenters. The maximum absolute atomic E-state index is 13.0. The highest BCUT2D eigenvalue weighted by Crippen LogP contribution is 2.35. The minimum atomic E-state index is -3.65. The third-order valence-corrected chi connectivity index (χ3v) is 5.87. The maximum Gasteiger partial charge on any atom is 0.283 e. The molecule has 1 aliphatic heterocycles. The molecule has 0 radical (unpaired) electrons. The van der Waals surface area contributed by atoms with Crippen LogP contribution in [0.1, 0.15) is 26.8 Å². The molecule has 0 aliphatic carbocycles. The molecule has 6 nitrogen and oxygen atoms in total. The van der Waals surface area contributed by atoms with E-state index < -0.39 is 10.0 Å². The minimum absolute atomic E-state index is 0.103. The van der Waals surface area contributed by atoms with Crippen LogP contribution in [0.2, 0.25) is 0 Å². The summed E-state index contributed by atoms with van der Waals surface area (Å²) in [6, 6.07) is 7.80. The topological polar surface area (TPSA) is 58.4 Å². The largest absolute Gasteiger partial charge is 0.368 e. The number of likely N-dealkylation sites (N-methyl/N-ethyl adjacent to an activating group) is 1. The molecule has 1 aliphatic rings. The van der Waals surface area contributed by atoms with Crippen LogP contribution in [-0.4, -0.2) is 37.6 Å².